The molecule has 2 amide bonds. The zero-order valence-electron chi connectivity index (χ0n) is 20.1. The monoisotopic (exact) mass is 490 g/mol. The van der Waals surface area contributed by atoms with Gasteiger partial charge in [0.1, 0.15) is 0 Å². The van der Waals surface area contributed by atoms with Crippen molar-refractivity contribution < 1.29 is 14.3 Å². The van der Waals surface area contributed by atoms with E-state index in [9.17, 15) is 9.59 Å². The number of fused-ring (bicyclic) bond motifs is 3. The molecule has 1 fully saturated rings. The smallest absolute Gasteiger partial charge is 0.409 e. The summed E-state index contributed by atoms with van der Waals surface area (Å²) >= 11 is 1.61. The summed E-state index contributed by atoms with van der Waals surface area (Å²) in [7, 11) is 0. The molecule has 35 heavy (non-hydrogen) atoms. The predicted molar refractivity (Wildman–Crippen MR) is 140 cm³/mol. The summed E-state index contributed by atoms with van der Waals surface area (Å²) in [6, 6.07) is 14.3. The lowest BCUT2D eigenvalue weighted by molar-refractivity contribution is -0.121. The molecule has 0 atom stereocenters. The Morgan fingerprint density at radius 2 is 2.00 bits per heavy atom. The van der Waals surface area contributed by atoms with Crippen LogP contribution >= 0.6 is 11.3 Å². The molecule has 0 bridgehead atoms. The summed E-state index contributed by atoms with van der Waals surface area (Å²) in [6.45, 7) is 5.70. The van der Waals surface area contributed by atoms with E-state index < -0.39 is 0 Å². The lowest BCUT2D eigenvalue weighted by atomic mass is 9.96. The summed E-state index contributed by atoms with van der Waals surface area (Å²) in [5.74, 6) is -0.102. The maximum Gasteiger partial charge on any atom is 0.409 e. The molecular formula is C27H30N4O3S. The number of rotatable bonds is 6. The van der Waals surface area contributed by atoms with Crippen molar-refractivity contribution in [1.82, 2.24) is 14.3 Å². The van der Waals surface area contributed by atoms with E-state index in [0.29, 0.717) is 32.5 Å². The van der Waals surface area contributed by atoms with Gasteiger partial charge in [0.2, 0.25) is 5.91 Å². The number of carbonyl (C=O) groups is 2. The average molecular weight is 491 g/mol. The normalized spacial score (nSPS) is 14.5. The fourth-order valence-corrected chi connectivity index (χ4v) is 5.53. The number of nitrogens with one attached hydrogen (secondary N) is 1. The third-order valence-electron chi connectivity index (χ3n) is 6.52. The molecule has 2 aromatic heterocycles. The van der Waals surface area contributed by atoms with Crippen molar-refractivity contribution >= 4 is 44.2 Å². The first-order chi connectivity index (χ1) is 17.0. The molecule has 0 radical (unpaired) electrons. The van der Waals surface area contributed by atoms with Gasteiger partial charge in [0, 0.05) is 36.5 Å². The molecule has 0 aliphatic carbocycles. The van der Waals surface area contributed by atoms with Gasteiger partial charge in [-0.1, -0.05) is 48.4 Å². The average Bonchev–Trinajstić information content (AvgIpc) is 3.42. The highest BCUT2D eigenvalue weighted by Crippen LogP contribution is 2.32. The van der Waals surface area contributed by atoms with E-state index in [-0.39, 0.29) is 17.9 Å². The zero-order valence-corrected chi connectivity index (χ0v) is 20.9. The predicted octanol–water partition coefficient (Wildman–Crippen LogP) is 6.11. The number of imidazole rings is 1. The number of piperidine rings is 1. The van der Waals surface area contributed by atoms with Gasteiger partial charge in [-0.25, -0.2) is 9.78 Å². The standard InChI is InChI=1S/C27H30N4O3S/c1-3-4-14-34-27(33)30-12-10-19(11-13-30)25(32)28-21-8-9-23-24(16-21)35-26-29-22(17-31(23)26)20-7-5-6-18(2)15-20/h5-9,15-17,19H,3-4,10-14H2,1-2H3,(H,28,32). The number of aryl methyl sites for hydroxylation is 1. The van der Waals surface area contributed by atoms with Crippen LogP contribution in [0.2, 0.25) is 0 Å². The first-order valence-corrected chi connectivity index (χ1v) is 13.0. The second kappa shape index (κ2) is 10.1. The van der Waals surface area contributed by atoms with Crippen molar-refractivity contribution in [1.29, 1.82) is 0 Å². The van der Waals surface area contributed by atoms with Gasteiger partial charge in [-0.3, -0.25) is 9.20 Å². The van der Waals surface area contributed by atoms with Crippen LogP contribution in [-0.4, -0.2) is 46.0 Å². The molecule has 1 N–H and O–H groups in total. The van der Waals surface area contributed by atoms with Crippen molar-refractivity contribution in [2.45, 2.75) is 39.5 Å². The molecule has 0 unspecified atom stereocenters. The molecule has 1 aliphatic heterocycles. The zero-order chi connectivity index (χ0) is 24.4. The number of anilines is 1. The van der Waals surface area contributed by atoms with Crippen LogP contribution in [0, 0.1) is 12.8 Å². The molecule has 1 aliphatic rings. The van der Waals surface area contributed by atoms with E-state index in [4.69, 9.17) is 9.72 Å². The molecule has 1 saturated heterocycles. The van der Waals surface area contributed by atoms with Crippen LogP contribution in [0.15, 0.2) is 48.7 Å². The fourth-order valence-electron chi connectivity index (χ4n) is 4.49. The minimum atomic E-state index is -0.268. The lowest BCUT2D eigenvalue weighted by Gasteiger charge is -2.30. The van der Waals surface area contributed by atoms with Crippen LogP contribution in [-0.2, 0) is 9.53 Å². The summed E-state index contributed by atoms with van der Waals surface area (Å²) < 4.78 is 8.48. The first kappa shape index (κ1) is 23.4. The van der Waals surface area contributed by atoms with Gasteiger partial charge >= 0.3 is 6.09 Å². The SMILES string of the molecule is CCCCOC(=O)N1CCC(C(=O)Nc2ccc3c(c2)sc2nc(-c4cccc(C)c4)cn23)CC1. The largest absolute Gasteiger partial charge is 0.449 e. The van der Waals surface area contributed by atoms with E-state index in [0.717, 1.165) is 45.0 Å². The number of aromatic nitrogens is 2. The number of amides is 2. The highest BCUT2D eigenvalue weighted by molar-refractivity contribution is 7.23. The van der Waals surface area contributed by atoms with Crippen molar-refractivity contribution in [2.24, 2.45) is 5.92 Å². The Balaban J connectivity index is 1.23. The second-order valence-electron chi connectivity index (χ2n) is 9.15. The van der Waals surface area contributed by atoms with E-state index in [1.807, 2.05) is 24.3 Å². The number of carbonyl (C=O) groups excluding carboxylic acids is 2. The summed E-state index contributed by atoms with van der Waals surface area (Å²) in [6.07, 6.45) is 4.96. The topological polar surface area (TPSA) is 75.9 Å². The van der Waals surface area contributed by atoms with Crippen LogP contribution in [0.25, 0.3) is 26.4 Å². The fraction of sp³-hybridized carbons (Fsp3) is 0.370. The Labute approximate surface area is 208 Å². The Morgan fingerprint density at radius 1 is 1.17 bits per heavy atom. The molecule has 182 valence electrons. The highest BCUT2D eigenvalue weighted by atomic mass is 32.1. The summed E-state index contributed by atoms with van der Waals surface area (Å²) in [5, 5.41) is 3.07. The molecule has 2 aromatic carbocycles. The van der Waals surface area contributed by atoms with Crippen LogP contribution in [0.1, 0.15) is 38.2 Å². The van der Waals surface area contributed by atoms with E-state index in [1.165, 1.54) is 5.56 Å². The van der Waals surface area contributed by atoms with E-state index >= 15 is 0 Å². The summed E-state index contributed by atoms with van der Waals surface area (Å²) in [5.41, 5.74) is 5.14. The van der Waals surface area contributed by atoms with Crippen LogP contribution in [0.5, 0.6) is 0 Å². The molecule has 4 aromatic rings. The van der Waals surface area contributed by atoms with Gasteiger partial charge in [0.25, 0.3) is 0 Å². The Kier molecular flexibility index (Phi) is 6.72. The Hall–Kier alpha value is -3.39. The number of nitrogens with zero attached hydrogens (tertiary/aromatic N) is 3. The van der Waals surface area contributed by atoms with Gasteiger partial charge < -0.3 is 15.0 Å². The van der Waals surface area contributed by atoms with Crippen molar-refractivity contribution in [3.05, 3.63) is 54.2 Å². The van der Waals surface area contributed by atoms with Crippen LogP contribution in [0.4, 0.5) is 10.5 Å². The summed E-state index contributed by atoms with van der Waals surface area (Å²) in [4.78, 5) is 32.5. The van der Waals surface area contributed by atoms with Gasteiger partial charge in [0.05, 0.1) is 22.5 Å². The molecule has 5 rings (SSSR count). The minimum absolute atomic E-state index is 0.00594. The number of thiazole rings is 1. The highest BCUT2D eigenvalue weighted by Gasteiger charge is 2.28. The maximum absolute atomic E-state index is 12.9. The van der Waals surface area contributed by atoms with Crippen molar-refractivity contribution in [3.8, 4) is 11.3 Å². The van der Waals surface area contributed by atoms with Gasteiger partial charge in [-0.2, -0.15) is 0 Å². The number of benzene rings is 2. The first-order valence-electron chi connectivity index (χ1n) is 12.2. The maximum atomic E-state index is 12.9. The molecule has 8 heteroatoms. The third kappa shape index (κ3) is 5.03. The number of hydrogen-bond acceptors (Lipinski definition) is 5. The van der Waals surface area contributed by atoms with Gasteiger partial charge in [-0.15, -0.1) is 0 Å². The van der Waals surface area contributed by atoms with Gasteiger partial charge in [-0.05, 0) is 50.5 Å². The van der Waals surface area contributed by atoms with E-state index in [2.05, 4.69) is 48.0 Å². The Bertz CT molecular complexity index is 1370. The lowest BCUT2D eigenvalue weighted by Crippen LogP contribution is -2.41. The Morgan fingerprint density at radius 3 is 2.77 bits per heavy atom. The minimum Gasteiger partial charge on any atom is -0.449 e. The quantitative estimate of drug-likeness (QED) is 0.331. The second-order valence-corrected chi connectivity index (χ2v) is 10.2. The molecular weight excluding hydrogens is 460 g/mol. The molecule has 7 nitrogen and oxygen atoms in total. The van der Waals surface area contributed by atoms with E-state index in [1.54, 1.807) is 16.2 Å². The van der Waals surface area contributed by atoms with Crippen molar-refractivity contribution in [3.63, 3.8) is 0 Å². The number of likely N-dealkylation sites (tertiary alicyclic amines) is 1. The molecule has 0 saturated carbocycles. The van der Waals surface area contributed by atoms with Crippen molar-refractivity contribution in [2.75, 3.05) is 25.0 Å². The van der Waals surface area contributed by atoms with Crippen LogP contribution in [0.3, 0.4) is 0 Å². The number of ether oxygens (including phenoxy) is 1. The third-order valence-corrected chi connectivity index (χ3v) is 7.54. The van der Waals surface area contributed by atoms with Gasteiger partial charge in [0.15, 0.2) is 4.96 Å². The molecule has 0 spiro atoms. The van der Waals surface area contributed by atoms with Crippen LogP contribution < -0.4 is 5.32 Å². The number of unbranched alkanes of at least 4 members (excludes halogenated alkanes) is 1. The molecule has 3 heterocycles. The number of hydrogen-bond donors (Lipinski definition) is 1.